The summed E-state index contributed by atoms with van der Waals surface area (Å²) in [7, 11) is -0.406. The van der Waals surface area contributed by atoms with Gasteiger partial charge in [-0.15, -0.1) is 0 Å². The molecule has 0 N–H and O–H groups in total. The monoisotopic (exact) mass is 240 g/mol. The third-order valence-electron chi connectivity index (χ3n) is 2.69. The molecule has 90 valence electrons. The van der Waals surface area contributed by atoms with Crippen LogP contribution in [0.1, 0.15) is 26.3 Å². The van der Waals surface area contributed by atoms with E-state index in [-0.39, 0.29) is 5.41 Å². The number of nitrogens with zero attached hydrogens (tertiary/aromatic N) is 2. The zero-order valence-electron chi connectivity index (χ0n) is 11.0. The standard InChI is InChI=1S/C12H21N2OP/c1-12(2,3)10-7-11(9-13-8-10)14(4)16(5,6)15/h7-9H,1-6H3. The lowest BCUT2D eigenvalue weighted by molar-refractivity contribution is 0.579. The smallest absolute Gasteiger partial charge is 0.166 e. The normalized spacial score (nSPS) is 12.6. The third kappa shape index (κ3) is 3.08. The van der Waals surface area contributed by atoms with Crippen molar-refractivity contribution >= 4 is 13.0 Å². The second kappa shape index (κ2) is 4.21. The van der Waals surface area contributed by atoms with Crippen LogP contribution in [-0.4, -0.2) is 25.4 Å². The minimum absolute atomic E-state index is 0.0648. The molecule has 0 atom stereocenters. The van der Waals surface area contributed by atoms with Gasteiger partial charge in [0.2, 0.25) is 0 Å². The van der Waals surface area contributed by atoms with Crippen molar-refractivity contribution in [2.24, 2.45) is 0 Å². The highest BCUT2D eigenvalue weighted by molar-refractivity contribution is 7.63. The molecule has 1 rings (SSSR count). The molecule has 3 nitrogen and oxygen atoms in total. The SMILES string of the molecule is CN(c1cncc(C(C)(C)C)c1)P(C)(C)=O. The van der Waals surface area contributed by atoms with E-state index in [9.17, 15) is 4.57 Å². The second-order valence-corrected chi connectivity index (χ2v) is 8.69. The summed E-state index contributed by atoms with van der Waals surface area (Å²) in [5.74, 6) is 0. The highest BCUT2D eigenvalue weighted by Crippen LogP contribution is 2.43. The maximum Gasteiger partial charge on any atom is 0.166 e. The van der Waals surface area contributed by atoms with Crippen molar-refractivity contribution < 1.29 is 4.57 Å². The van der Waals surface area contributed by atoms with Crippen molar-refractivity contribution in [3.8, 4) is 0 Å². The quantitative estimate of drug-likeness (QED) is 0.743. The van der Waals surface area contributed by atoms with Crippen LogP contribution in [0, 0.1) is 0 Å². The maximum absolute atomic E-state index is 12.0. The van der Waals surface area contributed by atoms with Crippen LogP contribution in [0.15, 0.2) is 18.5 Å². The molecule has 0 radical (unpaired) electrons. The average Bonchev–Trinajstić information content (AvgIpc) is 2.14. The molecule has 0 aliphatic carbocycles. The van der Waals surface area contributed by atoms with Gasteiger partial charge in [0.25, 0.3) is 0 Å². The Balaban J connectivity index is 3.14. The molecule has 0 aliphatic rings. The average molecular weight is 240 g/mol. The van der Waals surface area contributed by atoms with E-state index in [0.29, 0.717) is 0 Å². The molecule has 0 spiro atoms. The van der Waals surface area contributed by atoms with E-state index >= 15 is 0 Å². The third-order valence-corrected chi connectivity index (χ3v) is 4.36. The summed E-state index contributed by atoms with van der Waals surface area (Å²) in [5.41, 5.74) is 2.14. The minimum atomic E-state index is -2.26. The molecule has 0 unspecified atom stereocenters. The van der Waals surface area contributed by atoms with Crippen LogP contribution in [0.4, 0.5) is 5.69 Å². The van der Waals surface area contributed by atoms with Crippen molar-refractivity contribution in [2.45, 2.75) is 26.2 Å². The molecule has 0 amide bonds. The summed E-state index contributed by atoms with van der Waals surface area (Å²) in [6.45, 7) is 9.95. The Hall–Kier alpha value is -0.820. The highest BCUT2D eigenvalue weighted by atomic mass is 31.2. The van der Waals surface area contributed by atoms with E-state index in [1.165, 1.54) is 0 Å². The van der Waals surface area contributed by atoms with Gasteiger partial charge in [0.05, 0.1) is 11.9 Å². The Kier molecular flexibility index (Phi) is 3.49. The van der Waals surface area contributed by atoms with Crippen molar-refractivity contribution in [1.29, 1.82) is 0 Å². The number of aromatic nitrogens is 1. The van der Waals surface area contributed by atoms with E-state index in [0.717, 1.165) is 11.3 Å². The van der Waals surface area contributed by atoms with Crippen LogP contribution < -0.4 is 4.67 Å². The molecular weight excluding hydrogens is 219 g/mol. The van der Waals surface area contributed by atoms with E-state index in [4.69, 9.17) is 0 Å². The van der Waals surface area contributed by atoms with Gasteiger partial charge in [0.1, 0.15) is 0 Å². The van der Waals surface area contributed by atoms with E-state index in [2.05, 4.69) is 31.8 Å². The fourth-order valence-electron chi connectivity index (χ4n) is 1.29. The van der Waals surface area contributed by atoms with Crippen LogP contribution in [-0.2, 0) is 9.98 Å². The predicted molar refractivity (Wildman–Crippen MR) is 70.8 cm³/mol. The first-order chi connectivity index (χ1) is 7.12. The Bertz CT molecular complexity index is 417. The predicted octanol–water partition coefficient (Wildman–Crippen LogP) is 3.35. The fraction of sp³-hybridized carbons (Fsp3) is 0.583. The van der Waals surface area contributed by atoms with E-state index < -0.39 is 7.29 Å². The molecule has 0 saturated carbocycles. The highest BCUT2D eigenvalue weighted by Gasteiger charge is 2.19. The van der Waals surface area contributed by atoms with Crippen molar-refractivity contribution in [3.05, 3.63) is 24.0 Å². The Labute approximate surface area is 98.3 Å². The van der Waals surface area contributed by atoms with Crippen LogP contribution in [0.25, 0.3) is 0 Å². The maximum atomic E-state index is 12.0. The van der Waals surface area contributed by atoms with Crippen molar-refractivity contribution in [2.75, 3.05) is 25.0 Å². The summed E-state index contributed by atoms with van der Waals surface area (Å²) < 4.78 is 13.8. The van der Waals surface area contributed by atoms with Crippen molar-refractivity contribution in [3.63, 3.8) is 0 Å². The molecule has 0 saturated heterocycles. The zero-order chi connectivity index (χ0) is 12.6. The summed E-state index contributed by atoms with van der Waals surface area (Å²) >= 11 is 0. The molecule has 0 aromatic carbocycles. The van der Waals surface area contributed by atoms with Crippen LogP contribution in [0.5, 0.6) is 0 Å². The first kappa shape index (κ1) is 13.2. The lowest BCUT2D eigenvalue weighted by Gasteiger charge is -2.26. The molecule has 0 aliphatic heterocycles. The van der Waals surface area contributed by atoms with Crippen LogP contribution >= 0.6 is 7.29 Å². The largest absolute Gasteiger partial charge is 0.324 e. The molecule has 0 fully saturated rings. The van der Waals surface area contributed by atoms with E-state index in [1.54, 1.807) is 19.5 Å². The zero-order valence-corrected chi connectivity index (χ0v) is 11.9. The summed E-state index contributed by atoms with van der Waals surface area (Å²) in [4.78, 5) is 4.22. The second-order valence-electron chi connectivity index (χ2n) is 5.50. The number of rotatable bonds is 2. The first-order valence-electron chi connectivity index (χ1n) is 5.37. The molecule has 1 aromatic heterocycles. The van der Waals surface area contributed by atoms with Crippen LogP contribution in [0.2, 0.25) is 0 Å². The molecule has 16 heavy (non-hydrogen) atoms. The number of anilines is 1. The number of hydrogen-bond donors (Lipinski definition) is 0. The Morgan fingerprint density at radius 2 is 1.81 bits per heavy atom. The summed E-state index contributed by atoms with van der Waals surface area (Å²) in [6, 6.07) is 2.06. The Morgan fingerprint density at radius 1 is 1.25 bits per heavy atom. The van der Waals surface area contributed by atoms with Gasteiger partial charge in [-0.25, -0.2) is 0 Å². The van der Waals surface area contributed by atoms with Gasteiger partial charge in [0, 0.05) is 26.6 Å². The summed E-state index contributed by atoms with van der Waals surface area (Å²) in [6.07, 6.45) is 3.63. The molecule has 1 heterocycles. The molecule has 4 heteroatoms. The lowest BCUT2D eigenvalue weighted by atomic mass is 9.88. The first-order valence-corrected chi connectivity index (χ1v) is 7.92. The van der Waals surface area contributed by atoms with Gasteiger partial charge in [-0.3, -0.25) is 4.98 Å². The van der Waals surface area contributed by atoms with Crippen molar-refractivity contribution in [1.82, 2.24) is 4.98 Å². The lowest BCUT2D eigenvalue weighted by Crippen LogP contribution is -2.16. The van der Waals surface area contributed by atoms with Gasteiger partial charge >= 0.3 is 0 Å². The van der Waals surface area contributed by atoms with E-state index in [1.807, 2.05) is 17.9 Å². The number of hydrogen-bond acceptors (Lipinski definition) is 2. The molecule has 0 bridgehead atoms. The van der Waals surface area contributed by atoms with Gasteiger partial charge < -0.3 is 9.24 Å². The van der Waals surface area contributed by atoms with Gasteiger partial charge in [-0.05, 0) is 17.0 Å². The van der Waals surface area contributed by atoms with Crippen LogP contribution in [0.3, 0.4) is 0 Å². The van der Waals surface area contributed by atoms with Gasteiger partial charge in [-0.2, -0.15) is 0 Å². The Morgan fingerprint density at radius 3 is 2.25 bits per heavy atom. The summed E-state index contributed by atoms with van der Waals surface area (Å²) in [5, 5.41) is 0. The number of pyridine rings is 1. The minimum Gasteiger partial charge on any atom is -0.324 e. The van der Waals surface area contributed by atoms with Gasteiger partial charge in [0.15, 0.2) is 7.29 Å². The molecular formula is C12H21N2OP. The van der Waals surface area contributed by atoms with Gasteiger partial charge in [-0.1, -0.05) is 20.8 Å². The fourth-order valence-corrected chi connectivity index (χ4v) is 1.96. The molecule has 1 aromatic rings. The topological polar surface area (TPSA) is 33.2 Å².